The summed E-state index contributed by atoms with van der Waals surface area (Å²) in [5, 5.41) is 5.93. The number of amides is 1. The largest absolute Gasteiger partial charge is 0.493 e. The summed E-state index contributed by atoms with van der Waals surface area (Å²) in [6.45, 7) is 2.88. The molecule has 0 saturated carbocycles. The standard InChI is InChI=1S/C20H18N2O4S/c1-12-21-16(11-27-12)13-3-5-15(6-4-13)22-20(23)14-9-17(24-2)19-18(10-14)25-7-8-26-19/h3-6,9-11H,7-8H2,1-2H3,(H,22,23). The Kier molecular flexibility index (Phi) is 4.68. The van der Waals surface area contributed by atoms with Gasteiger partial charge in [0.15, 0.2) is 11.5 Å². The van der Waals surface area contributed by atoms with Gasteiger partial charge in [0.2, 0.25) is 5.75 Å². The number of carbonyl (C=O) groups excluding carboxylic acids is 1. The van der Waals surface area contributed by atoms with Crippen LogP contribution in [0.3, 0.4) is 0 Å². The Hall–Kier alpha value is -3.06. The van der Waals surface area contributed by atoms with Crippen molar-refractivity contribution >= 4 is 22.9 Å². The molecule has 7 heteroatoms. The van der Waals surface area contributed by atoms with Crippen LogP contribution in [-0.2, 0) is 0 Å². The van der Waals surface area contributed by atoms with Gasteiger partial charge in [-0.2, -0.15) is 0 Å². The van der Waals surface area contributed by atoms with Crippen molar-refractivity contribution in [3.05, 3.63) is 52.3 Å². The lowest BCUT2D eigenvalue weighted by Gasteiger charge is -2.21. The maximum absolute atomic E-state index is 12.7. The Morgan fingerprint density at radius 2 is 1.96 bits per heavy atom. The number of hydrogen-bond acceptors (Lipinski definition) is 6. The van der Waals surface area contributed by atoms with Crippen molar-refractivity contribution in [2.75, 3.05) is 25.6 Å². The number of anilines is 1. The van der Waals surface area contributed by atoms with Crippen molar-refractivity contribution in [3.63, 3.8) is 0 Å². The highest BCUT2D eigenvalue weighted by Gasteiger charge is 2.21. The molecule has 1 aliphatic rings. The predicted octanol–water partition coefficient (Wildman–Crippen LogP) is 4.15. The van der Waals surface area contributed by atoms with Crippen LogP contribution in [0.25, 0.3) is 11.3 Å². The molecule has 0 unspecified atom stereocenters. The van der Waals surface area contributed by atoms with Gasteiger partial charge in [-0.25, -0.2) is 4.98 Å². The van der Waals surface area contributed by atoms with E-state index in [0.717, 1.165) is 16.3 Å². The molecule has 3 aromatic rings. The average Bonchev–Trinajstić information content (AvgIpc) is 3.14. The van der Waals surface area contributed by atoms with Gasteiger partial charge >= 0.3 is 0 Å². The molecule has 4 rings (SSSR count). The van der Waals surface area contributed by atoms with Crippen LogP contribution in [0.15, 0.2) is 41.8 Å². The number of nitrogens with one attached hydrogen (secondary N) is 1. The molecule has 2 aromatic carbocycles. The van der Waals surface area contributed by atoms with Crippen LogP contribution in [0.1, 0.15) is 15.4 Å². The molecule has 1 amide bonds. The Morgan fingerprint density at radius 3 is 2.67 bits per heavy atom. The fourth-order valence-electron chi connectivity index (χ4n) is 2.83. The zero-order chi connectivity index (χ0) is 18.8. The van der Waals surface area contributed by atoms with E-state index in [1.54, 1.807) is 23.5 Å². The van der Waals surface area contributed by atoms with Gasteiger partial charge in [-0.3, -0.25) is 4.79 Å². The van der Waals surface area contributed by atoms with Crippen LogP contribution in [0.2, 0.25) is 0 Å². The van der Waals surface area contributed by atoms with E-state index in [-0.39, 0.29) is 5.91 Å². The highest BCUT2D eigenvalue weighted by atomic mass is 32.1. The number of benzene rings is 2. The maximum atomic E-state index is 12.7. The highest BCUT2D eigenvalue weighted by Crippen LogP contribution is 2.40. The summed E-state index contributed by atoms with van der Waals surface area (Å²) >= 11 is 1.61. The number of methoxy groups -OCH3 is 1. The lowest BCUT2D eigenvalue weighted by Crippen LogP contribution is -2.18. The second-order valence-electron chi connectivity index (χ2n) is 5.99. The molecule has 0 saturated heterocycles. The fourth-order valence-corrected chi connectivity index (χ4v) is 3.45. The maximum Gasteiger partial charge on any atom is 0.255 e. The molecule has 2 heterocycles. The number of nitrogens with zero attached hydrogens (tertiary/aromatic N) is 1. The first kappa shape index (κ1) is 17.4. The molecule has 0 atom stereocenters. The second-order valence-corrected chi connectivity index (χ2v) is 7.05. The van der Waals surface area contributed by atoms with E-state index in [1.165, 1.54) is 7.11 Å². The number of thiazole rings is 1. The summed E-state index contributed by atoms with van der Waals surface area (Å²) < 4.78 is 16.5. The minimum Gasteiger partial charge on any atom is -0.493 e. The molecule has 0 aliphatic carbocycles. The van der Waals surface area contributed by atoms with Gasteiger partial charge < -0.3 is 19.5 Å². The van der Waals surface area contributed by atoms with Crippen molar-refractivity contribution in [2.24, 2.45) is 0 Å². The molecule has 27 heavy (non-hydrogen) atoms. The molecule has 1 aromatic heterocycles. The number of ether oxygens (including phenoxy) is 3. The van der Waals surface area contributed by atoms with E-state index in [1.807, 2.05) is 36.6 Å². The third-order valence-electron chi connectivity index (χ3n) is 4.15. The van der Waals surface area contributed by atoms with E-state index in [0.29, 0.717) is 41.7 Å². The summed E-state index contributed by atoms with van der Waals surface area (Å²) in [6, 6.07) is 10.9. The van der Waals surface area contributed by atoms with Gasteiger partial charge in [0.1, 0.15) is 13.2 Å². The minimum atomic E-state index is -0.248. The summed E-state index contributed by atoms with van der Waals surface area (Å²) in [5.41, 5.74) is 3.09. The number of carbonyl (C=O) groups is 1. The van der Waals surface area contributed by atoms with Gasteiger partial charge in [-0.05, 0) is 31.2 Å². The quantitative estimate of drug-likeness (QED) is 0.734. The predicted molar refractivity (Wildman–Crippen MR) is 104 cm³/mol. The number of aryl methyl sites for hydroxylation is 1. The van der Waals surface area contributed by atoms with Crippen molar-refractivity contribution in [1.29, 1.82) is 0 Å². The number of hydrogen-bond donors (Lipinski definition) is 1. The molecule has 0 bridgehead atoms. The monoisotopic (exact) mass is 382 g/mol. The lowest BCUT2D eigenvalue weighted by atomic mass is 10.1. The van der Waals surface area contributed by atoms with E-state index in [2.05, 4.69) is 10.3 Å². The van der Waals surface area contributed by atoms with Crippen molar-refractivity contribution < 1.29 is 19.0 Å². The third-order valence-corrected chi connectivity index (χ3v) is 4.92. The van der Waals surface area contributed by atoms with Gasteiger partial charge in [-0.1, -0.05) is 12.1 Å². The van der Waals surface area contributed by atoms with Crippen LogP contribution < -0.4 is 19.5 Å². The summed E-state index contributed by atoms with van der Waals surface area (Å²) in [4.78, 5) is 17.1. The van der Waals surface area contributed by atoms with Gasteiger partial charge in [0.25, 0.3) is 5.91 Å². The Bertz CT molecular complexity index is 965. The first-order valence-electron chi connectivity index (χ1n) is 8.45. The van der Waals surface area contributed by atoms with Crippen LogP contribution in [0.4, 0.5) is 5.69 Å². The molecule has 1 aliphatic heterocycles. The first-order chi connectivity index (χ1) is 13.1. The summed E-state index contributed by atoms with van der Waals surface area (Å²) in [6.07, 6.45) is 0. The molecule has 138 valence electrons. The minimum absolute atomic E-state index is 0.248. The SMILES string of the molecule is COc1cc(C(=O)Nc2ccc(-c3csc(C)n3)cc2)cc2c1OCCO2. The van der Waals surface area contributed by atoms with Gasteiger partial charge in [0.05, 0.1) is 17.8 Å². The van der Waals surface area contributed by atoms with E-state index < -0.39 is 0 Å². The van der Waals surface area contributed by atoms with Gasteiger partial charge in [-0.15, -0.1) is 11.3 Å². The molecule has 1 N–H and O–H groups in total. The zero-order valence-corrected chi connectivity index (χ0v) is 15.8. The second kappa shape index (κ2) is 7.28. The summed E-state index contributed by atoms with van der Waals surface area (Å²) in [7, 11) is 1.54. The molecule has 0 radical (unpaired) electrons. The summed E-state index contributed by atoms with van der Waals surface area (Å²) in [5.74, 6) is 1.28. The van der Waals surface area contributed by atoms with Crippen LogP contribution >= 0.6 is 11.3 Å². The Balaban J connectivity index is 1.54. The van der Waals surface area contributed by atoms with Crippen molar-refractivity contribution in [2.45, 2.75) is 6.92 Å². The van der Waals surface area contributed by atoms with Crippen LogP contribution in [0.5, 0.6) is 17.2 Å². The fraction of sp³-hybridized carbons (Fsp3) is 0.200. The average molecular weight is 382 g/mol. The van der Waals surface area contributed by atoms with Crippen LogP contribution in [0, 0.1) is 6.92 Å². The zero-order valence-electron chi connectivity index (χ0n) is 14.9. The molecular formula is C20H18N2O4S. The van der Waals surface area contributed by atoms with Crippen molar-refractivity contribution in [1.82, 2.24) is 4.98 Å². The topological polar surface area (TPSA) is 69.7 Å². The van der Waals surface area contributed by atoms with Gasteiger partial charge in [0, 0.05) is 22.2 Å². The number of aromatic nitrogens is 1. The van der Waals surface area contributed by atoms with Crippen molar-refractivity contribution in [3.8, 4) is 28.5 Å². The van der Waals surface area contributed by atoms with E-state index >= 15 is 0 Å². The molecule has 0 spiro atoms. The lowest BCUT2D eigenvalue weighted by molar-refractivity contribution is 0.102. The van der Waals surface area contributed by atoms with E-state index in [9.17, 15) is 4.79 Å². The first-order valence-corrected chi connectivity index (χ1v) is 9.33. The Labute approximate surface area is 160 Å². The third kappa shape index (κ3) is 3.59. The molecular weight excluding hydrogens is 364 g/mol. The number of rotatable bonds is 4. The van der Waals surface area contributed by atoms with Crippen LogP contribution in [-0.4, -0.2) is 31.2 Å². The molecule has 0 fully saturated rings. The van der Waals surface area contributed by atoms with E-state index in [4.69, 9.17) is 14.2 Å². The molecule has 6 nitrogen and oxygen atoms in total. The highest BCUT2D eigenvalue weighted by molar-refractivity contribution is 7.09. The normalized spacial score (nSPS) is 12.5. The number of fused-ring (bicyclic) bond motifs is 1. The Morgan fingerprint density at radius 1 is 1.19 bits per heavy atom. The smallest absolute Gasteiger partial charge is 0.255 e.